The molecule has 0 unspecified atom stereocenters. The molecule has 1 aliphatic rings. The summed E-state index contributed by atoms with van der Waals surface area (Å²) in [6, 6.07) is 12.9. The van der Waals surface area contributed by atoms with Crippen molar-refractivity contribution < 1.29 is 18.8 Å². The molecule has 134 valence electrons. The molecule has 26 heavy (non-hydrogen) atoms. The van der Waals surface area contributed by atoms with Gasteiger partial charge in [-0.15, -0.1) is 0 Å². The Balaban J connectivity index is 1.59. The smallest absolute Gasteiger partial charge is 0.272 e. The van der Waals surface area contributed by atoms with E-state index >= 15 is 0 Å². The largest absolute Gasteiger partial charge is 0.312 e. The number of nitrogens with zero attached hydrogens (tertiary/aromatic N) is 1. The summed E-state index contributed by atoms with van der Waals surface area (Å²) in [5.74, 6) is -2.67. The molecule has 0 radical (unpaired) electrons. The van der Waals surface area contributed by atoms with Crippen molar-refractivity contribution in [2.45, 2.75) is 13.3 Å². The molecule has 0 saturated carbocycles. The molecule has 0 spiro atoms. The van der Waals surface area contributed by atoms with Crippen LogP contribution in [0.1, 0.15) is 22.3 Å². The van der Waals surface area contributed by atoms with Crippen LogP contribution < -0.4 is 15.8 Å². The Labute approximate surface area is 150 Å². The molecule has 1 atom stereocenters. The molecule has 0 bridgehead atoms. The lowest BCUT2D eigenvalue weighted by Crippen LogP contribution is -2.45. The first-order chi connectivity index (χ1) is 12.5. The van der Waals surface area contributed by atoms with Gasteiger partial charge in [0.25, 0.3) is 5.91 Å². The topological polar surface area (TPSA) is 78.5 Å². The molecule has 2 N–H and O–H groups in total. The Morgan fingerprint density at radius 2 is 1.77 bits per heavy atom. The first-order valence-corrected chi connectivity index (χ1v) is 8.17. The number of hydrogen-bond donors (Lipinski definition) is 2. The molecule has 1 fully saturated rings. The minimum atomic E-state index is -0.754. The second kappa shape index (κ2) is 7.35. The molecule has 2 aromatic carbocycles. The molecule has 3 amide bonds. The van der Waals surface area contributed by atoms with Gasteiger partial charge in [-0.2, -0.15) is 0 Å². The fourth-order valence-electron chi connectivity index (χ4n) is 2.79. The molecule has 1 heterocycles. The van der Waals surface area contributed by atoms with Crippen LogP contribution in [0.5, 0.6) is 0 Å². The summed E-state index contributed by atoms with van der Waals surface area (Å²) >= 11 is 0. The van der Waals surface area contributed by atoms with Crippen molar-refractivity contribution in [2.75, 3.05) is 11.4 Å². The normalized spacial score (nSPS) is 16.5. The Kier molecular flexibility index (Phi) is 4.97. The highest BCUT2D eigenvalue weighted by Gasteiger charge is 2.35. The average Bonchev–Trinajstić information content (AvgIpc) is 3.02. The standard InChI is InChI=1S/C19H18FN3O3/c1-12-6-8-14(9-7-12)23-11-13(10-17(23)24)18(25)21-22-19(26)15-4-2-3-5-16(15)20/h2-9,13H,10-11H2,1H3,(H,21,25)(H,22,26)/t13-/m0/s1. The summed E-state index contributed by atoms with van der Waals surface area (Å²) in [5.41, 5.74) is 6.09. The summed E-state index contributed by atoms with van der Waals surface area (Å²) in [7, 11) is 0. The van der Waals surface area contributed by atoms with Crippen LogP contribution in [0.4, 0.5) is 10.1 Å². The van der Waals surface area contributed by atoms with Crippen LogP contribution in [0.15, 0.2) is 48.5 Å². The zero-order valence-electron chi connectivity index (χ0n) is 14.2. The van der Waals surface area contributed by atoms with E-state index in [-0.39, 0.29) is 24.4 Å². The number of nitrogens with one attached hydrogen (secondary N) is 2. The maximum atomic E-state index is 13.6. The summed E-state index contributed by atoms with van der Waals surface area (Å²) in [6.07, 6.45) is 0.0509. The van der Waals surface area contributed by atoms with Gasteiger partial charge in [0.2, 0.25) is 11.8 Å². The van der Waals surface area contributed by atoms with Crippen molar-refractivity contribution in [2.24, 2.45) is 5.92 Å². The number of anilines is 1. The first kappa shape index (κ1) is 17.6. The van der Waals surface area contributed by atoms with Crippen LogP contribution in [0.2, 0.25) is 0 Å². The molecule has 1 aliphatic heterocycles. The van der Waals surface area contributed by atoms with Gasteiger partial charge in [0, 0.05) is 18.7 Å². The third kappa shape index (κ3) is 3.72. The average molecular weight is 355 g/mol. The summed E-state index contributed by atoms with van der Waals surface area (Å²) in [4.78, 5) is 37.9. The van der Waals surface area contributed by atoms with Crippen LogP contribution in [-0.2, 0) is 9.59 Å². The highest BCUT2D eigenvalue weighted by molar-refractivity contribution is 6.01. The third-order valence-corrected chi connectivity index (χ3v) is 4.26. The molecule has 1 saturated heterocycles. The maximum Gasteiger partial charge on any atom is 0.272 e. The van der Waals surface area contributed by atoms with Crippen molar-refractivity contribution in [3.05, 3.63) is 65.5 Å². The van der Waals surface area contributed by atoms with Crippen LogP contribution in [0.3, 0.4) is 0 Å². The fraction of sp³-hybridized carbons (Fsp3) is 0.211. The van der Waals surface area contributed by atoms with Crippen LogP contribution in [0, 0.1) is 18.7 Å². The monoisotopic (exact) mass is 355 g/mol. The molecular formula is C19H18FN3O3. The minimum Gasteiger partial charge on any atom is -0.312 e. The van der Waals surface area contributed by atoms with Gasteiger partial charge in [-0.1, -0.05) is 29.8 Å². The highest BCUT2D eigenvalue weighted by atomic mass is 19.1. The van der Waals surface area contributed by atoms with Gasteiger partial charge in [0.05, 0.1) is 11.5 Å². The molecule has 7 heteroatoms. The van der Waals surface area contributed by atoms with E-state index in [0.29, 0.717) is 0 Å². The number of halogens is 1. The van der Waals surface area contributed by atoms with E-state index in [1.165, 1.54) is 18.2 Å². The molecule has 2 aromatic rings. The number of amides is 3. The van der Waals surface area contributed by atoms with Gasteiger partial charge < -0.3 is 4.90 Å². The zero-order chi connectivity index (χ0) is 18.7. The number of hydrazine groups is 1. The second-order valence-electron chi connectivity index (χ2n) is 6.16. The van der Waals surface area contributed by atoms with E-state index in [1.807, 2.05) is 31.2 Å². The summed E-state index contributed by atoms with van der Waals surface area (Å²) in [5, 5.41) is 0. The lowest BCUT2D eigenvalue weighted by Gasteiger charge is -2.17. The predicted molar refractivity (Wildman–Crippen MR) is 93.6 cm³/mol. The lowest BCUT2D eigenvalue weighted by molar-refractivity contribution is -0.126. The van der Waals surface area contributed by atoms with Gasteiger partial charge in [-0.05, 0) is 31.2 Å². The zero-order valence-corrected chi connectivity index (χ0v) is 14.2. The van der Waals surface area contributed by atoms with E-state index in [9.17, 15) is 18.8 Å². The number of benzene rings is 2. The number of rotatable bonds is 3. The van der Waals surface area contributed by atoms with E-state index in [4.69, 9.17) is 0 Å². The number of aryl methyl sites for hydroxylation is 1. The van der Waals surface area contributed by atoms with Crippen LogP contribution in [0.25, 0.3) is 0 Å². The van der Waals surface area contributed by atoms with Crippen molar-refractivity contribution in [3.63, 3.8) is 0 Å². The predicted octanol–water partition coefficient (Wildman–Crippen LogP) is 1.95. The molecule has 6 nitrogen and oxygen atoms in total. The molecule has 0 aromatic heterocycles. The highest BCUT2D eigenvalue weighted by Crippen LogP contribution is 2.25. The van der Waals surface area contributed by atoms with Crippen molar-refractivity contribution in [1.29, 1.82) is 0 Å². The number of hydrogen-bond acceptors (Lipinski definition) is 3. The lowest BCUT2D eigenvalue weighted by atomic mass is 10.1. The van der Waals surface area contributed by atoms with E-state index in [0.717, 1.165) is 17.3 Å². The maximum absolute atomic E-state index is 13.6. The summed E-state index contributed by atoms with van der Waals surface area (Å²) < 4.78 is 13.6. The van der Waals surface area contributed by atoms with Crippen LogP contribution in [-0.4, -0.2) is 24.3 Å². The number of carbonyl (C=O) groups excluding carboxylic acids is 3. The van der Waals surface area contributed by atoms with Gasteiger partial charge in [-0.25, -0.2) is 4.39 Å². The van der Waals surface area contributed by atoms with Crippen molar-refractivity contribution in [1.82, 2.24) is 10.9 Å². The Morgan fingerprint density at radius 1 is 1.08 bits per heavy atom. The number of carbonyl (C=O) groups is 3. The van der Waals surface area contributed by atoms with Gasteiger partial charge in [0.1, 0.15) is 5.82 Å². The van der Waals surface area contributed by atoms with E-state index in [2.05, 4.69) is 10.9 Å². The quantitative estimate of drug-likeness (QED) is 0.826. The molecular weight excluding hydrogens is 337 g/mol. The fourth-order valence-corrected chi connectivity index (χ4v) is 2.79. The van der Waals surface area contributed by atoms with Crippen molar-refractivity contribution in [3.8, 4) is 0 Å². The van der Waals surface area contributed by atoms with Crippen molar-refractivity contribution >= 4 is 23.4 Å². The third-order valence-electron chi connectivity index (χ3n) is 4.26. The summed E-state index contributed by atoms with van der Waals surface area (Å²) in [6.45, 7) is 2.17. The van der Waals surface area contributed by atoms with E-state index in [1.54, 1.807) is 4.90 Å². The Hall–Kier alpha value is -3.22. The van der Waals surface area contributed by atoms with Gasteiger partial charge in [-0.3, -0.25) is 25.2 Å². The SMILES string of the molecule is Cc1ccc(N2C[C@@H](C(=O)NNC(=O)c3ccccc3F)CC2=O)cc1. The molecule has 3 rings (SSSR count). The van der Waals surface area contributed by atoms with Gasteiger partial charge in [0.15, 0.2) is 0 Å². The Morgan fingerprint density at radius 3 is 2.46 bits per heavy atom. The van der Waals surface area contributed by atoms with Crippen LogP contribution >= 0.6 is 0 Å². The van der Waals surface area contributed by atoms with Gasteiger partial charge >= 0.3 is 0 Å². The first-order valence-electron chi connectivity index (χ1n) is 8.17. The second-order valence-corrected chi connectivity index (χ2v) is 6.16. The van der Waals surface area contributed by atoms with E-state index < -0.39 is 23.5 Å². The Bertz CT molecular complexity index is 851. The molecule has 0 aliphatic carbocycles. The minimum absolute atomic E-state index is 0.0509.